The van der Waals surface area contributed by atoms with Crippen molar-refractivity contribution >= 4 is 40.4 Å². The second-order valence-corrected chi connectivity index (χ2v) is 7.78. The maximum absolute atomic E-state index is 12.5. The predicted molar refractivity (Wildman–Crippen MR) is 105 cm³/mol. The largest absolute Gasteiger partial charge is 0.319 e. The van der Waals surface area contributed by atoms with Crippen LogP contribution in [-0.4, -0.2) is 10.5 Å². The molecule has 3 rings (SSSR count). The first kappa shape index (κ1) is 17.9. The smallest absolute Gasteiger partial charge is 0.281 e. The lowest BCUT2D eigenvalue weighted by Gasteiger charge is -2.05. The van der Waals surface area contributed by atoms with Crippen molar-refractivity contribution in [1.82, 2.24) is 4.57 Å². The number of carbonyl (C=O) groups is 1. The number of rotatable bonds is 2. The maximum atomic E-state index is 12.5. The van der Waals surface area contributed by atoms with E-state index in [1.54, 1.807) is 18.2 Å². The van der Waals surface area contributed by atoms with Crippen molar-refractivity contribution in [3.8, 4) is 11.3 Å². The third-order valence-electron chi connectivity index (χ3n) is 3.88. The second-order valence-electron chi connectivity index (χ2n) is 5.76. The summed E-state index contributed by atoms with van der Waals surface area (Å²) < 4.78 is 1.94. The van der Waals surface area contributed by atoms with Crippen molar-refractivity contribution in [1.29, 1.82) is 0 Å². The lowest BCUT2D eigenvalue weighted by atomic mass is 10.1. The highest BCUT2D eigenvalue weighted by atomic mass is 35.5. The molecule has 1 heterocycles. The molecule has 25 heavy (non-hydrogen) atoms. The van der Waals surface area contributed by atoms with Crippen molar-refractivity contribution in [2.45, 2.75) is 13.8 Å². The summed E-state index contributed by atoms with van der Waals surface area (Å²) in [6, 6.07) is 13.1. The van der Waals surface area contributed by atoms with Crippen molar-refractivity contribution in [2.24, 2.45) is 12.0 Å². The number of thiazole rings is 1. The minimum atomic E-state index is -0.381. The van der Waals surface area contributed by atoms with Gasteiger partial charge in [0.1, 0.15) is 0 Å². The van der Waals surface area contributed by atoms with E-state index in [4.69, 9.17) is 23.2 Å². The van der Waals surface area contributed by atoms with Gasteiger partial charge in [-0.05, 0) is 37.6 Å². The standard InChI is InChI=1S/C19H16Cl2N2OS/c1-11-4-6-13(7-5-11)17-12(2)25-19(23(17)3)22-18(24)15-9-8-14(20)10-16(15)21/h4-10H,1-3H3. The molecule has 0 bridgehead atoms. The third kappa shape index (κ3) is 3.71. The number of hydrogen-bond donors (Lipinski definition) is 0. The molecule has 0 saturated heterocycles. The first-order valence-electron chi connectivity index (χ1n) is 7.64. The fourth-order valence-electron chi connectivity index (χ4n) is 2.60. The van der Waals surface area contributed by atoms with Crippen LogP contribution in [0.2, 0.25) is 10.0 Å². The van der Waals surface area contributed by atoms with E-state index in [0.29, 0.717) is 20.4 Å². The molecule has 0 aliphatic heterocycles. The van der Waals surface area contributed by atoms with E-state index >= 15 is 0 Å². The molecule has 1 amide bonds. The average Bonchev–Trinajstić information content (AvgIpc) is 2.82. The van der Waals surface area contributed by atoms with Crippen molar-refractivity contribution < 1.29 is 4.79 Å². The van der Waals surface area contributed by atoms with Gasteiger partial charge in [0.15, 0.2) is 4.80 Å². The van der Waals surface area contributed by atoms with Crippen LogP contribution in [0.5, 0.6) is 0 Å². The van der Waals surface area contributed by atoms with Gasteiger partial charge in [0.05, 0.1) is 16.3 Å². The highest BCUT2D eigenvalue weighted by Crippen LogP contribution is 2.25. The van der Waals surface area contributed by atoms with Crippen LogP contribution >= 0.6 is 34.5 Å². The number of amides is 1. The Balaban J connectivity index is 2.06. The minimum Gasteiger partial charge on any atom is -0.319 e. The Morgan fingerprint density at radius 2 is 1.76 bits per heavy atom. The third-order valence-corrected chi connectivity index (χ3v) is 5.48. The van der Waals surface area contributed by atoms with Crippen LogP contribution in [0, 0.1) is 13.8 Å². The fourth-order valence-corrected chi connectivity index (χ4v) is 4.07. The topological polar surface area (TPSA) is 34.4 Å². The molecule has 0 aliphatic rings. The minimum absolute atomic E-state index is 0.302. The lowest BCUT2D eigenvalue weighted by molar-refractivity contribution is 0.0998. The average molecular weight is 391 g/mol. The Morgan fingerprint density at radius 3 is 2.40 bits per heavy atom. The molecule has 3 nitrogen and oxygen atoms in total. The Kier molecular flexibility index (Phi) is 5.13. The van der Waals surface area contributed by atoms with Crippen molar-refractivity contribution in [2.75, 3.05) is 0 Å². The van der Waals surface area contributed by atoms with E-state index in [2.05, 4.69) is 36.2 Å². The molecule has 6 heteroatoms. The van der Waals surface area contributed by atoms with Crippen molar-refractivity contribution in [3.05, 3.63) is 73.3 Å². The van der Waals surface area contributed by atoms with Gasteiger partial charge in [0.25, 0.3) is 5.91 Å². The van der Waals surface area contributed by atoms with Gasteiger partial charge in [0.2, 0.25) is 0 Å². The summed E-state index contributed by atoms with van der Waals surface area (Å²) in [6.45, 7) is 4.08. The molecule has 128 valence electrons. The van der Waals surface area contributed by atoms with Crippen LogP contribution in [0.4, 0.5) is 0 Å². The van der Waals surface area contributed by atoms with E-state index in [9.17, 15) is 4.79 Å². The van der Waals surface area contributed by atoms with Gasteiger partial charge in [-0.3, -0.25) is 4.79 Å². The predicted octanol–water partition coefficient (Wildman–Crippen LogP) is 5.42. The van der Waals surface area contributed by atoms with Gasteiger partial charge >= 0.3 is 0 Å². The molecule has 0 radical (unpaired) electrons. The van der Waals surface area contributed by atoms with E-state index in [-0.39, 0.29) is 5.91 Å². The molecule has 0 fully saturated rings. The number of halogens is 2. The molecule has 0 atom stereocenters. The SMILES string of the molecule is Cc1ccc(-c2c(C)sc(=NC(=O)c3ccc(Cl)cc3Cl)n2C)cc1. The molecule has 3 aromatic rings. The zero-order valence-electron chi connectivity index (χ0n) is 14.0. The monoisotopic (exact) mass is 390 g/mol. The van der Waals surface area contributed by atoms with Crippen LogP contribution < -0.4 is 4.80 Å². The van der Waals surface area contributed by atoms with Crippen molar-refractivity contribution in [3.63, 3.8) is 0 Å². The number of nitrogens with zero attached hydrogens (tertiary/aromatic N) is 2. The molecule has 0 spiro atoms. The molecule has 2 aromatic carbocycles. The van der Waals surface area contributed by atoms with E-state index in [1.807, 2.05) is 18.5 Å². The summed E-state index contributed by atoms with van der Waals surface area (Å²) in [5.41, 5.74) is 3.70. The maximum Gasteiger partial charge on any atom is 0.281 e. The Labute approximate surface area is 160 Å². The van der Waals surface area contributed by atoms with E-state index in [0.717, 1.165) is 16.1 Å². The first-order valence-corrected chi connectivity index (χ1v) is 9.21. The highest BCUT2D eigenvalue weighted by molar-refractivity contribution is 7.09. The molecular formula is C19H16Cl2N2OS. The zero-order chi connectivity index (χ0) is 18.1. The summed E-state index contributed by atoms with van der Waals surface area (Å²) in [7, 11) is 1.91. The first-order chi connectivity index (χ1) is 11.9. The molecule has 0 aliphatic carbocycles. The normalized spacial score (nSPS) is 11.8. The quantitative estimate of drug-likeness (QED) is 0.575. The molecular weight excluding hydrogens is 375 g/mol. The Morgan fingerprint density at radius 1 is 1.08 bits per heavy atom. The molecule has 1 aromatic heterocycles. The number of aryl methyl sites for hydroxylation is 2. The zero-order valence-corrected chi connectivity index (χ0v) is 16.3. The van der Waals surface area contributed by atoms with Gasteiger partial charge in [-0.1, -0.05) is 53.0 Å². The van der Waals surface area contributed by atoms with Gasteiger partial charge < -0.3 is 4.57 Å². The summed E-state index contributed by atoms with van der Waals surface area (Å²) in [6.07, 6.45) is 0. The van der Waals surface area contributed by atoms with Crippen LogP contribution in [0.25, 0.3) is 11.3 Å². The number of hydrogen-bond acceptors (Lipinski definition) is 2. The summed E-state index contributed by atoms with van der Waals surface area (Å²) in [5, 5.41) is 0.789. The van der Waals surface area contributed by atoms with E-state index < -0.39 is 0 Å². The summed E-state index contributed by atoms with van der Waals surface area (Å²) in [4.78, 5) is 18.5. The number of carbonyl (C=O) groups excluding carboxylic acids is 1. The fraction of sp³-hybridized carbons (Fsp3) is 0.158. The van der Waals surface area contributed by atoms with Crippen LogP contribution in [0.15, 0.2) is 47.5 Å². The van der Waals surface area contributed by atoms with Crippen LogP contribution in [-0.2, 0) is 7.05 Å². The highest BCUT2D eigenvalue weighted by Gasteiger charge is 2.13. The molecule has 0 saturated carbocycles. The Hall–Kier alpha value is -1.88. The number of benzene rings is 2. The summed E-state index contributed by atoms with van der Waals surface area (Å²) >= 11 is 13.5. The van der Waals surface area contributed by atoms with Gasteiger partial charge in [0, 0.05) is 16.9 Å². The van der Waals surface area contributed by atoms with Gasteiger partial charge in [-0.25, -0.2) is 0 Å². The van der Waals surface area contributed by atoms with Crippen LogP contribution in [0.3, 0.4) is 0 Å². The second kappa shape index (κ2) is 7.16. The van der Waals surface area contributed by atoms with Gasteiger partial charge in [-0.2, -0.15) is 4.99 Å². The van der Waals surface area contributed by atoms with Crippen LogP contribution in [0.1, 0.15) is 20.8 Å². The van der Waals surface area contributed by atoms with Gasteiger partial charge in [-0.15, -0.1) is 11.3 Å². The molecule has 0 unspecified atom stereocenters. The molecule has 0 N–H and O–H groups in total. The summed E-state index contributed by atoms with van der Waals surface area (Å²) in [5.74, 6) is -0.381. The Bertz CT molecular complexity index is 1020. The number of aromatic nitrogens is 1. The lowest BCUT2D eigenvalue weighted by Crippen LogP contribution is -2.14. The van der Waals surface area contributed by atoms with E-state index in [1.165, 1.54) is 16.9 Å².